The van der Waals surface area contributed by atoms with Crippen molar-refractivity contribution in [3.63, 3.8) is 0 Å². The van der Waals surface area contributed by atoms with Crippen molar-refractivity contribution in [1.82, 2.24) is 4.98 Å². The number of carbonyl (C=O) groups is 1. The molecule has 4 heteroatoms. The Balaban J connectivity index is 2.02. The molecular weight excluding hydrogens is 298 g/mol. The van der Waals surface area contributed by atoms with Gasteiger partial charge in [0, 0.05) is 27.8 Å². The molecule has 86 valence electrons. The number of hydrogen-bond acceptors (Lipinski definition) is 3. The van der Waals surface area contributed by atoms with Gasteiger partial charge in [0.15, 0.2) is 0 Å². The molecule has 0 amide bonds. The highest BCUT2D eigenvalue weighted by molar-refractivity contribution is 9.10. The van der Waals surface area contributed by atoms with Crippen LogP contribution < -0.4 is 0 Å². The number of nitrogens with zero attached hydrogens (tertiary/aromatic N) is 1. The molecule has 0 saturated carbocycles. The Kier molecular flexibility index (Phi) is 2.84. The molecule has 1 aliphatic rings. The lowest BCUT2D eigenvalue weighted by Gasteiger charge is -2.06. The predicted octanol–water partition coefficient (Wildman–Crippen LogP) is 3.63. The summed E-state index contributed by atoms with van der Waals surface area (Å²) in [6.45, 7) is 0. The van der Waals surface area contributed by atoms with E-state index in [4.69, 9.17) is 0 Å². The normalized spacial score (nSPS) is 14.8. The first-order chi connectivity index (χ1) is 8.22. The van der Waals surface area contributed by atoms with Gasteiger partial charge in [-0.2, -0.15) is 0 Å². The van der Waals surface area contributed by atoms with Crippen LogP contribution in [0.1, 0.15) is 17.0 Å². The molecule has 1 aliphatic carbocycles. The number of carbonyl (C=O) groups excluding carboxylic acids is 1. The number of benzene rings is 1. The van der Waals surface area contributed by atoms with E-state index in [-0.39, 0.29) is 0 Å². The lowest BCUT2D eigenvalue weighted by Crippen LogP contribution is -2.11. The summed E-state index contributed by atoms with van der Waals surface area (Å²) >= 11 is 5.11. The molecular formula is C13H10BrNOS. The molecule has 0 N–H and O–H groups in total. The first kappa shape index (κ1) is 11.1. The zero-order chi connectivity index (χ0) is 11.8. The Labute approximate surface area is 112 Å². The molecule has 17 heavy (non-hydrogen) atoms. The molecule has 1 aromatic heterocycles. The number of fused-ring (bicyclic) bond motifs is 1. The quantitative estimate of drug-likeness (QED) is 0.805. The maximum absolute atomic E-state index is 11.4. The molecule has 0 atom stereocenters. The van der Waals surface area contributed by atoms with E-state index in [2.05, 4.69) is 33.0 Å². The Hall–Kier alpha value is -1.000. The molecule has 1 aromatic carbocycles. The van der Waals surface area contributed by atoms with Crippen molar-refractivity contribution in [2.75, 3.05) is 0 Å². The first-order valence-electron chi connectivity index (χ1n) is 5.48. The molecule has 0 saturated heterocycles. The largest absolute Gasteiger partial charge is 0.299 e. The second kappa shape index (κ2) is 4.35. The standard InChI is InChI=1S/C13H10BrNOS/c14-9-3-1-2-8(6-9)13-15-11-5-4-10(16)7-12(11)17-13/h1-3,6H,4-5,7H2. The van der Waals surface area contributed by atoms with Crippen LogP contribution in [-0.2, 0) is 17.6 Å². The van der Waals surface area contributed by atoms with Crippen molar-refractivity contribution in [3.05, 3.63) is 39.3 Å². The van der Waals surface area contributed by atoms with Crippen LogP contribution in [0.3, 0.4) is 0 Å². The summed E-state index contributed by atoms with van der Waals surface area (Å²) in [6, 6.07) is 8.12. The van der Waals surface area contributed by atoms with Gasteiger partial charge in [0.05, 0.1) is 5.69 Å². The van der Waals surface area contributed by atoms with Gasteiger partial charge in [-0.25, -0.2) is 4.98 Å². The number of aryl methyl sites for hydroxylation is 1. The van der Waals surface area contributed by atoms with Crippen molar-refractivity contribution in [2.24, 2.45) is 0 Å². The molecule has 0 radical (unpaired) electrons. The van der Waals surface area contributed by atoms with Crippen LogP contribution in [-0.4, -0.2) is 10.8 Å². The van der Waals surface area contributed by atoms with Crippen molar-refractivity contribution in [3.8, 4) is 10.6 Å². The fraction of sp³-hybridized carbons (Fsp3) is 0.231. The maximum atomic E-state index is 11.4. The highest BCUT2D eigenvalue weighted by Gasteiger charge is 2.20. The van der Waals surface area contributed by atoms with Crippen LogP contribution in [0.25, 0.3) is 10.6 Å². The van der Waals surface area contributed by atoms with Gasteiger partial charge in [-0.1, -0.05) is 28.1 Å². The van der Waals surface area contributed by atoms with Gasteiger partial charge in [0.2, 0.25) is 0 Å². The van der Waals surface area contributed by atoms with Gasteiger partial charge in [-0.05, 0) is 18.6 Å². The number of Topliss-reactive ketones (excluding diaryl/α,β-unsaturated/α-hetero) is 1. The Morgan fingerprint density at radius 2 is 2.18 bits per heavy atom. The van der Waals surface area contributed by atoms with E-state index in [1.165, 1.54) is 0 Å². The van der Waals surface area contributed by atoms with Crippen LogP contribution in [0.5, 0.6) is 0 Å². The van der Waals surface area contributed by atoms with Crippen molar-refractivity contribution >= 4 is 33.0 Å². The Bertz CT molecular complexity index is 591. The highest BCUT2D eigenvalue weighted by atomic mass is 79.9. The van der Waals surface area contributed by atoms with Crippen LogP contribution in [0.15, 0.2) is 28.7 Å². The summed E-state index contributed by atoms with van der Waals surface area (Å²) in [7, 11) is 0. The third kappa shape index (κ3) is 2.19. The van der Waals surface area contributed by atoms with Gasteiger partial charge >= 0.3 is 0 Å². The topological polar surface area (TPSA) is 30.0 Å². The Morgan fingerprint density at radius 3 is 3.00 bits per heavy atom. The number of thiazole rings is 1. The van der Waals surface area contributed by atoms with Crippen molar-refractivity contribution in [2.45, 2.75) is 19.3 Å². The summed E-state index contributed by atoms with van der Waals surface area (Å²) in [5.74, 6) is 0.335. The Morgan fingerprint density at radius 1 is 1.29 bits per heavy atom. The molecule has 0 aliphatic heterocycles. The minimum atomic E-state index is 0.335. The molecule has 2 aromatic rings. The van der Waals surface area contributed by atoms with E-state index in [1.807, 2.05) is 12.1 Å². The van der Waals surface area contributed by atoms with Crippen LogP contribution in [0.2, 0.25) is 0 Å². The first-order valence-corrected chi connectivity index (χ1v) is 7.09. The maximum Gasteiger partial charge on any atom is 0.138 e. The van der Waals surface area contributed by atoms with Crippen molar-refractivity contribution in [1.29, 1.82) is 0 Å². The SMILES string of the molecule is O=C1CCc2nc(-c3cccc(Br)c3)sc2C1. The average Bonchev–Trinajstić information content (AvgIpc) is 2.72. The third-order valence-electron chi connectivity index (χ3n) is 2.85. The summed E-state index contributed by atoms with van der Waals surface area (Å²) < 4.78 is 1.05. The summed E-state index contributed by atoms with van der Waals surface area (Å²) in [4.78, 5) is 17.2. The van der Waals surface area contributed by atoms with Gasteiger partial charge in [-0.15, -0.1) is 11.3 Å². The minimum Gasteiger partial charge on any atom is -0.299 e. The monoisotopic (exact) mass is 307 g/mol. The van der Waals surface area contributed by atoms with E-state index in [0.717, 1.165) is 32.0 Å². The molecule has 1 heterocycles. The third-order valence-corrected chi connectivity index (χ3v) is 4.49. The van der Waals surface area contributed by atoms with E-state index in [9.17, 15) is 4.79 Å². The second-order valence-corrected chi connectivity index (χ2v) is 6.11. The number of rotatable bonds is 1. The number of aromatic nitrogens is 1. The molecule has 0 unspecified atom stereocenters. The number of hydrogen-bond donors (Lipinski definition) is 0. The fourth-order valence-electron chi connectivity index (χ4n) is 1.99. The van der Waals surface area contributed by atoms with E-state index >= 15 is 0 Å². The molecule has 0 spiro atoms. The van der Waals surface area contributed by atoms with Gasteiger partial charge in [0.1, 0.15) is 10.8 Å². The number of halogens is 1. The average molecular weight is 308 g/mol. The summed E-state index contributed by atoms with van der Waals surface area (Å²) in [5, 5.41) is 1.02. The van der Waals surface area contributed by atoms with Gasteiger partial charge < -0.3 is 0 Å². The lowest BCUT2D eigenvalue weighted by molar-refractivity contribution is -0.118. The molecule has 0 fully saturated rings. The summed E-state index contributed by atoms with van der Waals surface area (Å²) in [6.07, 6.45) is 2.02. The molecule has 0 bridgehead atoms. The fourth-order valence-corrected chi connectivity index (χ4v) is 3.52. The van der Waals surface area contributed by atoms with Crippen molar-refractivity contribution < 1.29 is 4.79 Å². The molecule has 3 rings (SSSR count). The minimum absolute atomic E-state index is 0.335. The van der Waals surface area contributed by atoms with Crippen LogP contribution in [0, 0.1) is 0 Å². The zero-order valence-electron chi connectivity index (χ0n) is 9.07. The van der Waals surface area contributed by atoms with Crippen LogP contribution >= 0.6 is 27.3 Å². The van der Waals surface area contributed by atoms with E-state index in [1.54, 1.807) is 11.3 Å². The van der Waals surface area contributed by atoms with Gasteiger partial charge in [0.25, 0.3) is 0 Å². The molecule has 2 nitrogen and oxygen atoms in total. The van der Waals surface area contributed by atoms with Gasteiger partial charge in [-0.3, -0.25) is 4.79 Å². The zero-order valence-corrected chi connectivity index (χ0v) is 11.5. The predicted molar refractivity (Wildman–Crippen MR) is 72.3 cm³/mol. The second-order valence-electron chi connectivity index (χ2n) is 4.11. The summed E-state index contributed by atoms with van der Waals surface area (Å²) in [5.41, 5.74) is 2.23. The highest BCUT2D eigenvalue weighted by Crippen LogP contribution is 2.32. The number of ketones is 1. The van der Waals surface area contributed by atoms with Crippen LogP contribution in [0.4, 0.5) is 0 Å². The lowest BCUT2D eigenvalue weighted by atomic mass is 10.0. The smallest absolute Gasteiger partial charge is 0.138 e. The van der Waals surface area contributed by atoms with E-state index < -0.39 is 0 Å². The van der Waals surface area contributed by atoms with E-state index in [0.29, 0.717) is 18.6 Å².